The van der Waals surface area contributed by atoms with Gasteiger partial charge in [0.25, 0.3) is 0 Å². The van der Waals surface area contributed by atoms with E-state index in [2.05, 4.69) is 18.5 Å². The minimum atomic E-state index is -1.36. The minimum absolute atomic E-state index is 0.290. The summed E-state index contributed by atoms with van der Waals surface area (Å²) in [6.45, 7) is 5.97. The van der Waals surface area contributed by atoms with Crippen LogP contribution in [0.4, 0.5) is 4.79 Å². The van der Waals surface area contributed by atoms with Crippen molar-refractivity contribution in [3.63, 3.8) is 0 Å². The fourth-order valence-corrected chi connectivity index (χ4v) is 2.45. The van der Waals surface area contributed by atoms with Crippen molar-refractivity contribution in [1.29, 1.82) is 0 Å². The van der Waals surface area contributed by atoms with Gasteiger partial charge in [-0.25, -0.2) is 4.79 Å². The van der Waals surface area contributed by atoms with Crippen LogP contribution in [-0.4, -0.2) is 20.7 Å². The molecule has 0 bridgehead atoms. The van der Waals surface area contributed by atoms with Crippen molar-refractivity contribution in [2.24, 2.45) is 0 Å². The zero-order chi connectivity index (χ0) is 17.6. The van der Waals surface area contributed by atoms with Gasteiger partial charge in [-0.2, -0.15) is 0 Å². The van der Waals surface area contributed by atoms with Crippen molar-refractivity contribution in [2.75, 3.05) is 0 Å². The van der Waals surface area contributed by atoms with Gasteiger partial charge in [-0.15, -0.1) is 0 Å². The molecule has 3 N–H and O–H groups in total. The van der Waals surface area contributed by atoms with E-state index in [0.717, 1.165) is 17.5 Å². The van der Waals surface area contributed by atoms with E-state index in [-0.39, 0.29) is 0 Å². The smallest absolute Gasteiger partial charge is 0.401 e. The van der Waals surface area contributed by atoms with E-state index in [4.69, 9.17) is 9.90 Å². The van der Waals surface area contributed by atoms with Crippen LogP contribution in [0.3, 0.4) is 0 Å². The molecule has 0 saturated heterocycles. The Morgan fingerprint density at radius 3 is 1.61 bits per heavy atom. The SMILES string of the molecule is CCC(c1ccc(O)c(C)c1)c1ccc(O)c(C)c1.O=C(O)Cl. The summed E-state index contributed by atoms with van der Waals surface area (Å²) < 4.78 is 0. The van der Waals surface area contributed by atoms with E-state index in [0.29, 0.717) is 17.4 Å². The van der Waals surface area contributed by atoms with Crippen LogP contribution < -0.4 is 0 Å². The van der Waals surface area contributed by atoms with E-state index in [1.165, 1.54) is 11.1 Å². The number of hydrogen-bond acceptors (Lipinski definition) is 3. The Morgan fingerprint density at radius 1 is 1.00 bits per heavy atom. The summed E-state index contributed by atoms with van der Waals surface area (Å²) in [6.07, 6.45) is 0.981. The number of halogens is 1. The summed E-state index contributed by atoms with van der Waals surface area (Å²) in [5.74, 6) is 0.958. The maximum atomic E-state index is 9.62. The highest BCUT2D eigenvalue weighted by Gasteiger charge is 2.14. The van der Waals surface area contributed by atoms with Crippen molar-refractivity contribution >= 4 is 17.0 Å². The Balaban J connectivity index is 0.000000593. The molecule has 0 aliphatic heterocycles. The summed E-state index contributed by atoms with van der Waals surface area (Å²) in [5.41, 5.74) is 2.82. The third kappa shape index (κ3) is 5.49. The standard InChI is InChI=1S/C17H20O2.CHClO2/c1-4-15(13-5-7-16(18)11(2)9-13)14-6-8-17(19)12(3)10-14;2-1(3)4/h5-10,15,18-19H,4H2,1-3H3;(H,3,4). The Labute approximate surface area is 141 Å². The molecule has 0 fully saturated rings. The molecule has 2 aromatic rings. The molecule has 124 valence electrons. The van der Waals surface area contributed by atoms with Gasteiger partial charge in [-0.3, -0.25) is 0 Å². The minimum Gasteiger partial charge on any atom is -0.508 e. The molecule has 0 saturated carbocycles. The molecule has 4 nitrogen and oxygen atoms in total. The summed E-state index contributed by atoms with van der Waals surface area (Å²) >= 11 is 4.19. The lowest BCUT2D eigenvalue weighted by atomic mass is 9.87. The average Bonchev–Trinajstić information content (AvgIpc) is 2.46. The van der Waals surface area contributed by atoms with Crippen molar-refractivity contribution in [3.05, 3.63) is 58.7 Å². The molecule has 23 heavy (non-hydrogen) atoms. The molecule has 0 aromatic heterocycles. The van der Waals surface area contributed by atoms with Crippen LogP contribution in [0, 0.1) is 13.8 Å². The predicted octanol–water partition coefficient (Wildman–Crippen LogP) is 5.16. The number of hydrogen-bond donors (Lipinski definition) is 3. The normalized spacial score (nSPS) is 10.1. The molecule has 2 aromatic carbocycles. The number of carbonyl (C=O) groups is 1. The van der Waals surface area contributed by atoms with Crippen LogP contribution in [0.1, 0.15) is 41.5 Å². The molecule has 5 heteroatoms. The maximum Gasteiger partial charge on any atom is 0.401 e. The van der Waals surface area contributed by atoms with Gasteiger partial charge in [0.2, 0.25) is 0 Å². The second-order valence-corrected chi connectivity index (χ2v) is 5.63. The Morgan fingerprint density at radius 2 is 1.35 bits per heavy atom. The highest BCUT2D eigenvalue weighted by atomic mass is 35.5. The largest absolute Gasteiger partial charge is 0.508 e. The molecule has 0 radical (unpaired) electrons. The van der Waals surface area contributed by atoms with Crippen LogP contribution in [0.5, 0.6) is 11.5 Å². The Bertz CT molecular complexity index is 627. The number of benzene rings is 2. The number of carboxylic acid groups (broad SMARTS) is 1. The topological polar surface area (TPSA) is 77.8 Å². The van der Waals surface area contributed by atoms with E-state index in [9.17, 15) is 10.2 Å². The predicted molar refractivity (Wildman–Crippen MR) is 91.7 cm³/mol. The number of aromatic hydroxyl groups is 2. The molecule has 0 heterocycles. The average molecular weight is 337 g/mol. The first-order chi connectivity index (χ1) is 10.8. The summed E-state index contributed by atoms with van der Waals surface area (Å²) in [4.78, 5) is 8.77. The molecule has 0 aliphatic carbocycles. The van der Waals surface area contributed by atoms with Gasteiger partial charge in [-0.1, -0.05) is 31.2 Å². The monoisotopic (exact) mass is 336 g/mol. The Hall–Kier alpha value is -2.20. The van der Waals surface area contributed by atoms with Crippen molar-refractivity contribution in [3.8, 4) is 11.5 Å². The van der Waals surface area contributed by atoms with Gasteiger partial charge >= 0.3 is 5.43 Å². The molecule has 0 unspecified atom stereocenters. The second-order valence-electron chi connectivity index (χ2n) is 5.31. The quantitative estimate of drug-likeness (QED) is 0.676. The van der Waals surface area contributed by atoms with Gasteiger partial charge in [0.15, 0.2) is 0 Å². The summed E-state index contributed by atoms with van der Waals surface area (Å²) in [6, 6.07) is 11.5. The lowest BCUT2D eigenvalue weighted by Gasteiger charge is -2.18. The first kappa shape index (κ1) is 18.8. The van der Waals surface area contributed by atoms with E-state index in [1.54, 1.807) is 12.1 Å². The number of phenols is 2. The highest BCUT2D eigenvalue weighted by Crippen LogP contribution is 2.32. The van der Waals surface area contributed by atoms with E-state index < -0.39 is 5.43 Å². The van der Waals surface area contributed by atoms with E-state index >= 15 is 0 Å². The van der Waals surface area contributed by atoms with Crippen LogP contribution in [0.2, 0.25) is 0 Å². The molecule has 0 spiro atoms. The van der Waals surface area contributed by atoms with Gasteiger partial charge in [-0.05, 0) is 54.7 Å². The molecule has 0 atom stereocenters. The third-order valence-electron chi connectivity index (χ3n) is 3.65. The maximum absolute atomic E-state index is 9.62. The molecule has 0 aliphatic rings. The van der Waals surface area contributed by atoms with Crippen molar-refractivity contribution in [2.45, 2.75) is 33.1 Å². The molecular weight excluding hydrogens is 316 g/mol. The zero-order valence-electron chi connectivity index (χ0n) is 13.4. The lowest BCUT2D eigenvalue weighted by Crippen LogP contribution is -2.00. The van der Waals surface area contributed by atoms with Gasteiger partial charge < -0.3 is 15.3 Å². The second kappa shape index (κ2) is 8.44. The zero-order valence-corrected chi connectivity index (χ0v) is 14.1. The van der Waals surface area contributed by atoms with Gasteiger partial charge in [0.05, 0.1) is 0 Å². The molecular formula is C18H21ClO4. The van der Waals surface area contributed by atoms with Crippen LogP contribution in [0.15, 0.2) is 36.4 Å². The number of phenolic OH excluding ortho intramolecular Hbond substituents is 2. The van der Waals surface area contributed by atoms with Crippen LogP contribution in [-0.2, 0) is 0 Å². The first-order valence-electron chi connectivity index (χ1n) is 7.23. The number of aryl methyl sites for hydroxylation is 2. The first-order valence-corrected chi connectivity index (χ1v) is 7.61. The summed E-state index contributed by atoms with van der Waals surface area (Å²) in [5, 5.41) is 26.4. The fraction of sp³-hybridized carbons (Fsp3) is 0.278. The van der Waals surface area contributed by atoms with Crippen LogP contribution >= 0.6 is 11.6 Å². The number of rotatable bonds is 3. The van der Waals surface area contributed by atoms with E-state index in [1.807, 2.05) is 38.1 Å². The molecule has 0 amide bonds. The summed E-state index contributed by atoms with van der Waals surface area (Å²) in [7, 11) is 0. The van der Waals surface area contributed by atoms with Crippen LogP contribution in [0.25, 0.3) is 0 Å². The fourth-order valence-electron chi connectivity index (χ4n) is 2.45. The van der Waals surface area contributed by atoms with Crippen molar-refractivity contribution in [1.82, 2.24) is 0 Å². The Kier molecular flexibility index (Phi) is 6.91. The highest BCUT2D eigenvalue weighted by molar-refractivity contribution is 6.60. The third-order valence-corrected chi connectivity index (χ3v) is 3.65. The van der Waals surface area contributed by atoms with Gasteiger partial charge in [0, 0.05) is 17.5 Å². The van der Waals surface area contributed by atoms with Crippen molar-refractivity contribution < 1.29 is 20.1 Å². The van der Waals surface area contributed by atoms with Gasteiger partial charge in [0.1, 0.15) is 11.5 Å². The molecule has 2 rings (SSSR count). The lowest BCUT2D eigenvalue weighted by molar-refractivity contribution is 0.220.